The summed E-state index contributed by atoms with van der Waals surface area (Å²) in [7, 11) is 0. The highest BCUT2D eigenvalue weighted by Gasteiger charge is 2.36. The third kappa shape index (κ3) is 5.96. The molecule has 0 radical (unpaired) electrons. The Morgan fingerprint density at radius 1 is 1.08 bits per heavy atom. The van der Waals surface area contributed by atoms with E-state index in [1.54, 1.807) is 26.0 Å². The molecular weight excluding hydrogens is 477 g/mol. The summed E-state index contributed by atoms with van der Waals surface area (Å²) in [5.41, 5.74) is 0.0815. The van der Waals surface area contributed by atoms with Crippen LogP contribution in [0.25, 0.3) is 0 Å². The van der Waals surface area contributed by atoms with Crippen molar-refractivity contribution in [2.45, 2.75) is 39.4 Å². The number of ether oxygens (including phenoxy) is 1. The number of alkyl halides is 3. The number of allylic oxidation sites excluding steroid dienone is 1. The quantitative estimate of drug-likeness (QED) is 0.424. The van der Waals surface area contributed by atoms with Crippen molar-refractivity contribution in [3.63, 3.8) is 0 Å². The Labute approximate surface area is 206 Å². The maximum absolute atomic E-state index is 13.2. The molecule has 8 nitrogen and oxygen atoms in total. The lowest BCUT2D eigenvalue weighted by Crippen LogP contribution is -2.48. The van der Waals surface area contributed by atoms with Gasteiger partial charge in [-0.05, 0) is 50.1 Å². The first-order valence-corrected chi connectivity index (χ1v) is 11.4. The summed E-state index contributed by atoms with van der Waals surface area (Å²) in [5, 5.41) is 7.52. The van der Waals surface area contributed by atoms with Crippen LogP contribution in [0.5, 0.6) is 0 Å². The topological polar surface area (TPSA) is 99.8 Å². The molecule has 0 aromatic heterocycles. The van der Waals surface area contributed by atoms with Crippen LogP contribution in [0.15, 0.2) is 59.8 Å². The summed E-state index contributed by atoms with van der Waals surface area (Å²) in [6, 6.07) is 8.83. The summed E-state index contributed by atoms with van der Waals surface area (Å²) in [6.07, 6.45) is -3.96. The summed E-state index contributed by atoms with van der Waals surface area (Å²) < 4.78 is 44.9. The summed E-state index contributed by atoms with van der Waals surface area (Å²) >= 11 is 0. The number of hydrogen-bond acceptors (Lipinski definition) is 4. The van der Waals surface area contributed by atoms with E-state index in [1.807, 2.05) is 6.92 Å². The molecule has 36 heavy (non-hydrogen) atoms. The molecule has 0 unspecified atom stereocenters. The van der Waals surface area contributed by atoms with Crippen molar-refractivity contribution in [2.75, 3.05) is 23.8 Å². The van der Waals surface area contributed by atoms with E-state index in [1.165, 1.54) is 29.2 Å². The van der Waals surface area contributed by atoms with Gasteiger partial charge in [-0.3, -0.25) is 4.90 Å². The number of carbonyl (C=O) groups is 3. The minimum absolute atomic E-state index is 0.144. The molecule has 0 saturated carbocycles. The number of urea groups is 2. The molecule has 0 bridgehead atoms. The lowest BCUT2D eigenvalue weighted by Gasteiger charge is -2.35. The molecule has 0 saturated heterocycles. The zero-order chi connectivity index (χ0) is 26.5. The van der Waals surface area contributed by atoms with E-state index < -0.39 is 35.5 Å². The molecule has 0 fully saturated rings. The molecule has 192 valence electrons. The second-order valence-corrected chi connectivity index (χ2v) is 8.00. The number of nitrogens with one attached hydrogen (secondary N) is 3. The standard InChI is InChI=1S/C25H27F3N4O4/c1-4-13-32-15(3)20(22(33)36-5-2)21(31-24(32)35)16-9-8-10-17(14-16)29-23(34)30-19-12-7-6-11-18(19)25(26,27)28/h6-12,14,21H,4-5,13H2,1-3H3,(H,31,35)(H2,29,30,34)/t21-/m0/s1. The predicted octanol–water partition coefficient (Wildman–Crippen LogP) is 5.66. The first-order chi connectivity index (χ1) is 17.1. The van der Waals surface area contributed by atoms with Crippen LogP contribution in [0, 0.1) is 0 Å². The fourth-order valence-corrected chi connectivity index (χ4v) is 3.92. The van der Waals surface area contributed by atoms with Crippen molar-refractivity contribution < 1.29 is 32.3 Å². The van der Waals surface area contributed by atoms with Crippen LogP contribution in [-0.4, -0.2) is 36.1 Å². The molecule has 4 amide bonds. The molecule has 3 rings (SSSR count). The molecule has 0 aliphatic carbocycles. The molecular formula is C25H27F3N4O4. The molecule has 1 heterocycles. The largest absolute Gasteiger partial charge is 0.463 e. The first kappa shape index (κ1) is 26.6. The number of carbonyl (C=O) groups excluding carboxylic acids is 3. The van der Waals surface area contributed by atoms with Crippen LogP contribution >= 0.6 is 0 Å². The smallest absolute Gasteiger partial charge is 0.418 e. The Morgan fingerprint density at radius 3 is 2.47 bits per heavy atom. The van der Waals surface area contributed by atoms with Crippen molar-refractivity contribution in [1.29, 1.82) is 0 Å². The van der Waals surface area contributed by atoms with E-state index in [2.05, 4.69) is 16.0 Å². The highest BCUT2D eigenvalue weighted by atomic mass is 19.4. The second-order valence-electron chi connectivity index (χ2n) is 8.00. The van der Waals surface area contributed by atoms with Crippen LogP contribution in [0.1, 0.15) is 44.4 Å². The van der Waals surface area contributed by atoms with Crippen LogP contribution < -0.4 is 16.0 Å². The summed E-state index contributed by atoms with van der Waals surface area (Å²) in [4.78, 5) is 39.5. The third-order valence-electron chi connectivity index (χ3n) is 5.50. The maximum Gasteiger partial charge on any atom is 0.418 e. The number of benzene rings is 2. The van der Waals surface area contributed by atoms with Gasteiger partial charge in [-0.15, -0.1) is 0 Å². The van der Waals surface area contributed by atoms with Crippen molar-refractivity contribution in [3.8, 4) is 0 Å². The molecule has 11 heteroatoms. The average molecular weight is 505 g/mol. The Hall–Kier alpha value is -4.02. The molecule has 1 aliphatic rings. The van der Waals surface area contributed by atoms with E-state index in [9.17, 15) is 27.6 Å². The van der Waals surface area contributed by atoms with Gasteiger partial charge in [0.05, 0.1) is 29.5 Å². The van der Waals surface area contributed by atoms with Crippen LogP contribution in [0.3, 0.4) is 0 Å². The van der Waals surface area contributed by atoms with Crippen molar-refractivity contribution in [3.05, 3.63) is 70.9 Å². The number of para-hydroxylation sites is 1. The van der Waals surface area contributed by atoms with Crippen LogP contribution in [0.2, 0.25) is 0 Å². The van der Waals surface area contributed by atoms with Gasteiger partial charge in [0, 0.05) is 17.9 Å². The number of nitrogens with zero attached hydrogens (tertiary/aromatic N) is 1. The summed E-state index contributed by atoms with van der Waals surface area (Å²) in [6.45, 7) is 5.80. The van der Waals surface area contributed by atoms with Gasteiger partial charge in [-0.2, -0.15) is 13.2 Å². The van der Waals surface area contributed by atoms with Crippen molar-refractivity contribution in [1.82, 2.24) is 10.2 Å². The maximum atomic E-state index is 13.2. The Balaban J connectivity index is 1.88. The van der Waals surface area contributed by atoms with E-state index >= 15 is 0 Å². The van der Waals surface area contributed by atoms with Gasteiger partial charge in [-0.25, -0.2) is 14.4 Å². The fourth-order valence-electron chi connectivity index (χ4n) is 3.92. The molecule has 1 aliphatic heterocycles. The zero-order valence-corrected chi connectivity index (χ0v) is 20.0. The van der Waals surface area contributed by atoms with Gasteiger partial charge in [0.2, 0.25) is 0 Å². The summed E-state index contributed by atoms with van der Waals surface area (Å²) in [5.74, 6) is -0.582. The highest BCUT2D eigenvalue weighted by molar-refractivity contribution is 6.00. The van der Waals surface area contributed by atoms with E-state index in [-0.39, 0.29) is 23.9 Å². The molecule has 0 spiro atoms. The minimum atomic E-state index is -4.64. The van der Waals surface area contributed by atoms with Gasteiger partial charge in [0.15, 0.2) is 0 Å². The average Bonchev–Trinajstić information content (AvgIpc) is 2.81. The van der Waals surface area contributed by atoms with Gasteiger partial charge >= 0.3 is 24.2 Å². The van der Waals surface area contributed by atoms with E-state index in [0.717, 1.165) is 12.1 Å². The zero-order valence-electron chi connectivity index (χ0n) is 20.0. The number of rotatable bonds is 7. The lowest BCUT2D eigenvalue weighted by atomic mass is 9.94. The van der Waals surface area contributed by atoms with Gasteiger partial charge in [-0.1, -0.05) is 31.2 Å². The Bertz CT molecular complexity index is 1180. The van der Waals surface area contributed by atoms with Gasteiger partial charge < -0.3 is 20.7 Å². The van der Waals surface area contributed by atoms with Gasteiger partial charge in [0.1, 0.15) is 0 Å². The SMILES string of the molecule is CCCN1C(=O)N[C@@H](c2cccc(NC(=O)Nc3ccccc3C(F)(F)F)c2)C(C(=O)OCC)=C1C. The molecule has 1 atom stereocenters. The monoisotopic (exact) mass is 504 g/mol. The molecule has 2 aromatic carbocycles. The first-order valence-electron chi connectivity index (χ1n) is 11.4. The molecule has 3 N–H and O–H groups in total. The Kier molecular flexibility index (Phi) is 8.23. The van der Waals surface area contributed by atoms with E-state index in [4.69, 9.17) is 4.74 Å². The third-order valence-corrected chi connectivity index (χ3v) is 5.50. The fraction of sp³-hybridized carbons (Fsp3) is 0.320. The van der Waals surface area contributed by atoms with Gasteiger partial charge in [0.25, 0.3) is 0 Å². The van der Waals surface area contributed by atoms with Crippen LogP contribution in [0.4, 0.5) is 34.1 Å². The second kappa shape index (κ2) is 11.1. The number of anilines is 2. The Morgan fingerprint density at radius 2 is 1.81 bits per heavy atom. The number of amides is 4. The number of esters is 1. The predicted molar refractivity (Wildman–Crippen MR) is 128 cm³/mol. The normalized spacial score (nSPS) is 15.9. The van der Waals surface area contributed by atoms with E-state index in [0.29, 0.717) is 24.2 Å². The highest BCUT2D eigenvalue weighted by Crippen LogP contribution is 2.35. The number of hydrogen-bond donors (Lipinski definition) is 3. The van der Waals surface area contributed by atoms with Crippen LogP contribution in [-0.2, 0) is 15.7 Å². The molecule has 2 aromatic rings. The lowest BCUT2D eigenvalue weighted by molar-refractivity contribution is -0.139. The minimum Gasteiger partial charge on any atom is -0.463 e. The number of halogens is 3. The van der Waals surface area contributed by atoms with Crippen molar-refractivity contribution in [2.24, 2.45) is 0 Å². The van der Waals surface area contributed by atoms with Crippen molar-refractivity contribution >= 4 is 29.4 Å².